The maximum absolute atomic E-state index is 12.4. The molecular formula is C20H18ClN5O3S2. The van der Waals surface area contributed by atoms with Crippen molar-refractivity contribution in [1.82, 2.24) is 14.5 Å². The molecule has 160 valence electrons. The number of hydrogen-bond acceptors (Lipinski definition) is 8. The number of carbonyl (C=O) groups excluding carboxylic acids is 1. The van der Waals surface area contributed by atoms with Crippen molar-refractivity contribution < 1.29 is 13.4 Å². The van der Waals surface area contributed by atoms with Crippen LogP contribution >= 0.6 is 22.9 Å². The molecule has 2 aromatic heterocycles. The van der Waals surface area contributed by atoms with Crippen LogP contribution in [0.15, 0.2) is 33.7 Å². The fourth-order valence-corrected chi connectivity index (χ4v) is 6.54. The molecule has 1 aromatic carbocycles. The number of aryl methyl sites for hydroxylation is 1. The van der Waals surface area contributed by atoms with Gasteiger partial charge in [-0.15, -0.1) is 21.5 Å². The quantitative estimate of drug-likeness (QED) is 0.620. The first-order valence-electron chi connectivity index (χ1n) is 9.53. The van der Waals surface area contributed by atoms with Crippen LogP contribution in [-0.4, -0.2) is 43.3 Å². The van der Waals surface area contributed by atoms with E-state index in [-0.39, 0.29) is 17.5 Å². The maximum atomic E-state index is 12.4. The Morgan fingerprint density at radius 3 is 2.81 bits per heavy atom. The molecule has 11 heteroatoms. The molecular weight excluding hydrogens is 458 g/mol. The third kappa shape index (κ3) is 3.38. The van der Waals surface area contributed by atoms with E-state index in [9.17, 15) is 9.00 Å². The number of thiophene rings is 1. The summed E-state index contributed by atoms with van der Waals surface area (Å²) in [5.41, 5.74) is 7.60. The molecule has 0 fully saturated rings. The predicted molar refractivity (Wildman–Crippen MR) is 120 cm³/mol. The van der Waals surface area contributed by atoms with Crippen molar-refractivity contribution in [3.05, 3.63) is 45.3 Å². The van der Waals surface area contributed by atoms with Gasteiger partial charge in [0.1, 0.15) is 16.5 Å². The molecule has 31 heavy (non-hydrogen) atoms. The van der Waals surface area contributed by atoms with Crippen LogP contribution < -0.4 is 5.73 Å². The van der Waals surface area contributed by atoms with E-state index < -0.39 is 16.5 Å². The Morgan fingerprint density at radius 1 is 1.26 bits per heavy atom. The number of carbonyl (C=O) groups is 1. The summed E-state index contributed by atoms with van der Waals surface area (Å²) in [6.45, 7) is 1.85. The zero-order valence-corrected chi connectivity index (χ0v) is 19.1. The van der Waals surface area contributed by atoms with Gasteiger partial charge in [-0.3, -0.25) is 9.10 Å². The monoisotopic (exact) mass is 475 g/mol. The van der Waals surface area contributed by atoms with E-state index in [0.29, 0.717) is 33.7 Å². The average molecular weight is 476 g/mol. The second kappa shape index (κ2) is 7.25. The standard InChI is InChI=1S/C20H18ClN5O3S2/c1-20(9-31(28)26(2)19(22)23-20)16-13(21)8-15(30-16)18-25-24-17(29-18)11-4-3-10-5-6-14(27)12(10)7-11/h3-4,7-8H,5-6,9H2,1-2H3,(H2,22,23)/t20-,31?/m0/s1. The highest BCUT2D eigenvalue weighted by Gasteiger charge is 2.39. The number of nitrogens with zero attached hydrogens (tertiary/aromatic N) is 4. The second-order valence-electron chi connectivity index (χ2n) is 7.70. The number of Topliss-reactive ketones (excluding diaryl/α,β-unsaturated/α-hetero) is 1. The van der Waals surface area contributed by atoms with E-state index >= 15 is 0 Å². The van der Waals surface area contributed by atoms with Gasteiger partial charge in [0, 0.05) is 24.6 Å². The first kappa shape index (κ1) is 20.3. The van der Waals surface area contributed by atoms with Crippen LogP contribution in [0.5, 0.6) is 0 Å². The number of aromatic nitrogens is 2. The lowest BCUT2D eigenvalue weighted by atomic mass is 10.0. The number of fused-ring (bicyclic) bond motifs is 1. The van der Waals surface area contributed by atoms with Gasteiger partial charge in [-0.2, -0.15) is 0 Å². The van der Waals surface area contributed by atoms with Gasteiger partial charge in [-0.05, 0) is 37.1 Å². The minimum absolute atomic E-state index is 0.134. The summed E-state index contributed by atoms with van der Waals surface area (Å²) in [7, 11) is 0.336. The largest absolute Gasteiger partial charge is 0.415 e. The molecule has 1 aliphatic heterocycles. The van der Waals surface area contributed by atoms with Gasteiger partial charge in [0.05, 0.1) is 20.5 Å². The Hall–Kier alpha value is -2.56. The number of hydrogen-bond donors (Lipinski definition) is 1. The molecule has 0 saturated heterocycles. The SMILES string of the molecule is CN1C(N)=N[C@](C)(c2sc(-c3nnc(-c4ccc5c(c4)C(=O)CC5)o3)cc2Cl)CS1=O. The fourth-order valence-electron chi connectivity index (χ4n) is 3.76. The van der Waals surface area contributed by atoms with E-state index in [2.05, 4.69) is 15.2 Å². The van der Waals surface area contributed by atoms with E-state index in [4.69, 9.17) is 21.8 Å². The number of benzene rings is 1. The molecule has 2 N–H and O–H groups in total. The molecule has 5 rings (SSSR count). The number of guanidine groups is 1. The molecule has 0 bridgehead atoms. The highest BCUT2D eigenvalue weighted by atomic mass is 35.5. The number of nitrogens with two attached hydrogens (primary N) is 1. The molecule has 1 unspecified atom stereocenters. The van der Waals surface area contributed by atoms with Crippen LogP contribution in [0, 0.1) is 0 Å². The van der Waals surface area contributed by atoms with E-state index in [0.717, 1.165) is 22.4 Å². The third-order valence-electron chi connectivity index (χ3n) is 5.48. The van der Waals surface area contributed by atoms with E-state index in [1.54, 1.807) is 19.2 Å². The van der Waals surface area contributed by atoms with Crippen molar-refractivity contribution >= 4 is 45.7 Å². The molecule has 1 aliphatic carbocycles. The van der Waals surface area contributed by atoms with Crippen LogP contribution in [-0.2, 0) is 22.9 Å². The van der Waals surface area contributed by atoms with Crippen LogP contribution in [0.2, 0.25) is 5.02 Å². The number of aliphatic imine (C=N–C) groups is 1. The summed E-state index contributed by atoms with van der Waals surface area (Å²) in [5.74, 6) is 1.24. The molecule has 2 aliphatic rings. The minimum Gasteiger partial charge on any atom is -0.415 e. The van der Waals surface area contributed by atoms with Gasteiger partial charge >= 0.3 is 0 Å². The van der Waals surface area contributed by atoms with Crippen LogP contribution in [0.3, 0.4) is 0 Å². The summed E-state index contributed by atoms with van der Waals surface area (Å²) < 4.78 is 19.7. The lowest BCUT2D eigenvalue weighted by Gasteiger charge is -2.33. The Balaban J connectivity index is 1.49. The van der Waals surface area contributed by atoms with Crippen LogP contribution in [0.25, 0.3) is 22.2 Å². The molecule has 0 spiro atoms. The molecule has 3 heterocycles. The second-order valence-corrected chi connectivity index (χ2v) is 10.6. The van der Waals surface area contributed by atoms with Crippen molar-refractivity contribution in [2.75, 3.05) is 12.8 Å². The molecule has 0 saturated carbocycles. The molecule has 0 amide bonds. The lowest BCUT2D eigenvalue weighted by molar-refractivity contribution is 0.0994. The van der Waals surface area contributed by atoms with Gasteiger partial charge in [0.2, 0.25) is 11.9 Å². The lowest BCUT2D eigenvalue weighted by Crippen LogP contribution is -2.47. The minimum atomic E-state index is -1.31. The summed E-state index contributed by atoms with van der Waals surface area (Å²) in [5, 5.41) is 8.79. The molecule has 8 nitrogen and oxygen atoms in total. The topological polar surface area (TPSA) is 115 Å². The average Bonchev–Trinajstić information content (AvgIpc) is 3.45. The van der Waals surface area contributed by atoms with Gasteiger partial charge in [0.15, 0.2) is 5.78 Å². The zero-order chi connectivity index (χ0) is 21.9. The summed E-state index contributed by atoms with van der Waals surface area (Å²) >= 11 is 7.87. The van der Waals surface area contributed by atoms with Crippen molar-refractivity contribution in [2.24, 2.45) is 10.7 Å². The Kier molecular flexibility index (Phi) is 4.76. The van der Waals surface area contributed by atoms with E-state index in [1.165, 1.54) is 15.6 Å². The first-order chi connectivity index (χ1) is 14.7. The zero-order valence-electron chi connectivity index (χ0n) is 16.7. The third-order valence-corrected chi connectivity index (χ3v) is 8.88. The molecule has 3 aromatic rings. The number of halogens is 1. The van der Waals surface area contributed by atoms with Crippen molar-refractivity contribution in [1.29, 1.82) is 0 Å². The first-order valence-corrected chi connectivity index (χ1v) is 12.0. The van der Waals surface area contributed by atoms with Crippen LogP contribution in [0.4, 0.5) is 0 Å². The van der Waals surface area contributed by atoms with Gasteiger partial charge in [-0.1, -0.05) is 17.7 Å². The maximum Gasteiger partial charge on any atom is 0.258 e. The summed E-state index contributed by atoms with van der Waals surface area (Å²) in [4.78, 5) is 18.0. The Morgan fingerprint density at radius 2 is 2.03 bits per heavy atom. The Labute approximate surface area is 189 Å². The highest BCUT2D eigenvalue weighted by molar-refractivity contribution is 7.83. The Bertz CT molecular complexity index is 1280. The molecule has 2 atom stereocenters. The molecule has 0 radical (unpaired) electrons. The highest BCUT2D eigenvalue weighted by Crippen LogP contribution is 2.43. The van der Waals surface area contributed by atoms with Gasteiger partial charge in [0.25, 0.3) is 5.89 Å². The fraction of sp³-hybridized carbons (Fsp3) is 0.300. The summed E-state index contributed by atoms with van der Waals surface area (Å²) in [6, 6.07) is 7.36. The normalized spacial score (nSPS) is 23.2. The van der Waals surface area contributed by atoms with E-state index in [1.807, 2.05) is 19.1 Å². The smallest absolute Gasteiger partial charge is 0.258 e. The number of rotatable bonds is 3. The van der Waals surface area contributed by atoms with Crippen molar-refractivity contribution in [2.45, 2.75) is 25.3 Å². The van der Waals surface area contributed by atoms with Crippen molar-refractivity contribution in [3.63, 3.8) is 0 Å². The summed E-state index contributed by atoms with van der Waals surface area (Å²) in [6.07, 6.45) is 1.31. The number of ketones is 1. The van der Waals surface area contributed by atoms with Gasteiger partial charge in [-0.25, -0.2) is 9.20 Å². The predicted octanol–water partition coefficient (Wildman–Crippen LogP) is 3.39. The van der Waals surface area contributed by atoms with Crippen molar-refractivity contribution in [3.8, 4) is 22.2 Å². The van der Waals surface area contributed by atoms with Gasteiger partial charge < -0.3 is 10.2 Å². The van der Waals surface area contributed by atoms with Crippen LogP contribution in [0.1, 0.15) is 34.1 Å².